The summed E-state index contributed by atoms with van der Waals surface area (Å²) in [6.45, 7) is 5.66. The fourth-order valence-electron chi connectivity index (χ4n) is 1.60. The van der Waals surface area contributed by atoms with E-state index in [4.69, 9.17) is 0 Å². The van der Waals surface area contributed by atoms with Crippen LogP contribution in [0.25, 0.3) is 17.1 Å². The lowest BCUT2D eigenvalue weighted by molar-refractivity contribution is 1.24. The van der Waals surface area contributed by atoms with Crippen molar-refractivity contribution in [2.24, 2.45) is 0 Å². The molecule has 5 heteroatoms. The molecule has 2 N–H and O–H groups in total. The lowest BCUT2D eigenvalue weighted by Crippen LogP contribution is -1.92. The summed E-state index contributed by atoms with van der Waals surface area (Å²) in [7, 11) is 0. The van der Waals surface area contributed by atoms with E-state index in [0.717, 1.165) is 28.4 Å². The topological polar surface area (TPSA) is 61.5 Å². The Kier molecular flexibility index (Phi) is 3.74. The molecule has 0 atom stereocenters. The van der Waals surface area contributed by atoms with Gasteiger partial charge in [0.05, 0.1) is 5.69 Å². The zero-order chi connectivity index (χ0) is 13.0. The number of H-pyrrole nitrogens is 2. The first-order valence-corrected chi connectivity index (χ1v) is 6.22. The van der Waals surface area contributed by atoms with E-state index in [1.165, 1.54) is 0 Å². The summed E-state index contributed by atoms with van der Waals surface area (Å²) < 4.78 is 4.04. The number of hydrogen-bond acceptors (Lipinski definition) is 3. The van der Waals surface area contributed by atoms with Gasteiger partial charge < -0.3 is 4.98 Å². The van der Waals surface area contributed by atoms with Crippen molar-refractivity contribution in [2.45, 2.75) is 6.92 Å². The summed E-state index contributed by atoms with van der Waals surface area (Å²) in [5.41, 5.74) is 2.87. The van der Waals surface area contributed by atoms with E-state index in [-0.39, 0.29) is 4.87 Å². The molecule has 4 nitrogen and oxygen atoms in total. The van der Waals surface area contributed by atoms with Crippen molar-refractivity contribution < 1.29 is 0 Å². The highest BCUT2D eigenvalue weighted by Crippen LogP contribution is 2.21. The van der Waals surface area contributed by atoms with Crippen LogP contribution in [-0.4, -0.2) is 14.3 Å². The SMILES string of the molecule is C=C/C=C(\C=C/C)c1c[nH]c(-c2nsc(=O)[nH]2)c1. The van der Waals surface area contributed by atoms with Gasteiger partial charge in [-0.05, 0) is 24.1 Å². The molecule has 0 aliphatic carbocycles. The van der Waals surface area contributed by atoms with Crippen LogP contribution >= 0.6 is 11.5 Å². The van der Waals surface area contributed by atoms with Crippen LogP contribution in [0, 0.1) is 0 Å². The molecule has 92 valence electrons. The van der Waals surface area contributed by atoms with Crippen molar-refractivity contribution >= 4 is 17.1 Å². The first-order valence-electron chi connectivity index (χ1n) is 5.45. The molecule has 0 aliphatic rings. The van der Waals surface area contributed by atoms with Gasteiger partial charge in [-0.25, -0.2) is 0 Å². The third-order valence-electron chi connectivity index (χ3n) is 2.36. The van der Waals surface area contributed by atoms with E-state index in [1.807, 2.05) is 37.4 Å². The molecule has 2 heterocycles. The Bertz CT molecular complexity index is 658. The maximum atomic E-state index is 11.1. The number of aromatic amines is 2. The number of allylic oxidation sites excluding steroid dienone is 5. The Balaban J connectivity index is 2.38. The molecule has 18 heavy (non-hydrogen) atoms. The average molecular weight is 259 g/mol. The van der Waals surface area contributed by atoms with Crippen LogP contribution in [0.2, 0.25) is 0 Å². The second-order valence-electron chi connectivity index (χ2n) is 3.60. The van der Waals surface area contributed by atoms with Gasteiger partial charge in [-0.15, -0.1) is 0 Å². The Morgan fingerprint density at radius 2 is 2.39 bits per heavy atom. The Morgan fingerprint density at radius 3 is 3.00 bits per heavy atom. The van der Waals surface area contributed by atoms with Crippen molar-refractivity contribution in [3.05, 3.63) is 58.4 Å². The quantitative estimate of drug-likeness (QED) is 0.829. The molecule has 0 fully saturated rings. The molecule has 2 rings (SSSR count). The molecule has 0 aromatic carbocycles. The zero-order valence-corrected chi connectivity index (χ0v) is 10.8. The van der Waals surface area contributed by atoms with Gasteiger partial charge in [0, 0.05) is 17.7 Å². The second kappa shape index (κ2) is 5.46. The summed E-state index contributed by atoms with van der Waals surface area (Å²) in [5.74, 6) is 0.565. The summed E-state index contributed by atoms with van der Waals surface area (Å²) in [6.07, 6.45) is 9.51. The van der Waals surface area contributed by atoms with Crippen molar-refractivity contribution in [3.8, 4) is 11.5 Å². The Morgan fingerprint density at radius 1 is 1.56 bits per heavy atom. The normalized spacial score (nSPS) is 12.2. The Hall–Kier alpha value is -2.14. The summed E-state index contributed by atoms with van der Waals surface area (Å²) in [5, 5.41) is 0. The first-order chi connectivity index (χ1) is 8.74. The number of aromatic nitrogens is 3. The van der Waals surface area contributed by atoms with E-state index in [2.05, 4.69) is 20.9 Å². The fraction of sp³-hybridized carbons (Fsp3) is 0.0769. The highest BCUT2D eigenvalue weighted by Gasteiger charge is 2.07. The fourth-order valence-corrected chi connectivity index (χ4v) is 2.06. The number of nitrogens with one attached hydrogen (secondary N) is 2. The highest BCUT2D eigenvalue weighted by molar-refractivity contribution is 7.03. The minimum absolute atomic E-state index is 0.156. The maximum Gasteiger partial charge on any atom is 0.323 e. The van der Waals surface area contributed by atoms with Crippen molar-refractivity contribution in [1.29, 1.82) is 0 Å². The first kappa shape index (κ1) is 12.3. The summed E-state index contributed by atoms with van der Waals surface area (Å²) >= 11 is 0.912. The lowest BCUT2D eigenvalue weighted by Gasteiger charge is -1.95. The molecule has 0 unspecified atom stereocenters. The Labute approximate surface area is 109 Å². The van der Waals surface area contributed by atoms with Gasteiger partial charge >= 0.3 is 4.87 Å². The van der Waals surface area contributed by atoms with E-state index < -0.39 is 0 Å². The molecule has 0 bridgehead atoms. The van der Waals surface area contributed by atoms with Crippen LogP contribution < -0.4 is 4.87 Å². The third kappa shape index (κ3) is 2.57. The summed E-state index contributed by atoms with van der Waals surface area (Å²) in [6, 6.07) is 1.94. The van der Waals surface area contributed by atoms with E-state index >= 15 is 0 Å². The van der Waals surface area contributed by atoms with Crippen LogP contribution in [0.15, 0.2) is 47.9 Å². The molecular formula is C13H13N3OS. The molecule has 0 aliphatic heterocycles. The van der Waals surface area contributed by atoms with Gasteiger partial charge in [-0.1, -0.05) is 30.9 Å². The lowest BCUT2D eigenvalue weighted by atomic mass is 10.1. The van der Waals surface area contributed by atoms with Gasteiger partial charge in [0.2, 0.25) is 0 Å². The zero-order valence-electron chi connectivity index (χ0n) is 9.93. The predicted molar refractivity (Wildman–Crippen MR) is 75.5 cm³/mol. The molecule has 2 aromatic heterocycles. The molecule has 0 amide bonds. The second-order valence-corrected chi connectivity index (χ2v) is 4.34. The molecule has 0 saturated carbocycles. The van der Waals surface area contributed by atoms with Gasteiger partial charge in [0.15, 0.2) is 5.82 Å². The standard InChI is InChI=1S/C13H13N3OS/c1-3-5-9(6-4-2)10-7-11(14-8-10)12-15-13(17)18-16-12/h3-8,14H,1H2,2H3,(H,15,16,17)/b6-4-,9-5+. The predicted octanol–water partition coefficient (Wildman–Crippen LogP) is 2.97. The summed E-state index contributed by atoms with van der Waals surface area (Å²) in [4.78, 5) is 16.7. The van der Waals surface area contributed by atoms with E-state index in [1.54, 1.807) is 6.08 Å². The van der Waals surface area contributed by atoms with Crippen molar-refractivity contribution in [1.82, 2.24) is 14.3 Å². The molecule has 0 saturated heterocycles. The highest BCUT2D eigenvalue weighted by atomic mass is 32.1. The monoisotopic (exact) mass is 259 g/mol. The minimum Gasteiger partial charge on any atom is -0.358 e. The maximum absolute atomic E-state index is 11.1. The number of rotatable bonds is 4. The van der Waals surface area contributed by atoms with Crippen LogP contribution in [0.3, 0.4) is 0 Å². The molecule has 0 radical (unpaired) electrons. The molecule has 2 aromatic rings. The van der Waals surface area contributed by atoms with Crippen LogP contribution in [0.4, 0.5) is 0 Å². The van der Waals surface area contributed by atoms with E-state index in [9.17, 15) is 4.79 Å². The number of hydrogen-bond donors (Lipinski definition) is 2. The van der Waals surface area contributed by atoms with Crippen molar-refractivity contribution in [3.63, 3.8) is 0 Å². The van der Waals surface area contributed by atoms with Gasteiger partial charge in [-0.3, -0.25) is 9.78 Å². The smallest absolute Gasteiger partial charge is 0.323 e. The van der Waals surface area contributed by atoms with Gasteiger partial charge in [0.25, 0.3) is 0 Å². The number of nitrogens with zero attached hydrogens (tertiary/aromatic N) is 1. The van der Waals surface area contributed by atoms with E-state index in [0.29, 0.717) is 5.82 Å². The van der Waals surface area contributed by atoms with Gasteiger partial charge in [0.1, 0.15) is 0 Å². The van der Waals surface area contributed by atoms with Gasteiger partial charge in [-0.2, -0.15) is 4.37 Å². The largest absolute Gasteiger partial charge is 0.358 e. The minimum atomic E-state index is -0.156. The average Bonchev–Trinajstić information content (AvgIpc) is 2.97. The molecular weight excluding hydrogens is 246 g/mol. The van der Waals surface area contributed by atoms with Crippen LogP contribution in [-0.2, 0) is 0 Å². The molecule has 0 spiro atoms. The van der Waals surface area contributed by atoms with Crippen LogP contribution in [0.5, 0.6) is 0 Å². The van der Waals surface area contributed by atoms with Crippen LogP contribution in [0.1, 0.15) is 12.5 Å². The third-order valence-corrected chi connectivity index (χ3v) is 2.90. The van der Waals surface area contributed by atoms with Crippen molar-refractivity contribution in [2.75, 3.05) is 0 Å².